The number of benzene rings is 2. The third kappa shape index (κ3) is 25.3. The van der Waals surface area contributed by atoms with Crippen LogP contribution in [0, 0.1) is 11.8 Å². The van der Waals surface area contributed by atoms with Gasteiger partial charge in [0.15, 0.2) is 24.1 Å². The maximum Gasteiger partial charge on any atom is 0.338 e. The minimum atomic E-state index is -1.49. The lowest BCUT2D eigenvalue weighted by atomic mass is 9.91. The van der Waals surface area contributed by atoms with Crippen molar-refractivity contribution in [1.82, 2.24) is 0 Å². The first kappa shape index (κ1) is 64.6. The summed E-state index contributed by atoms with van der Waals surface area (Å²) in [4.78, 5) is 45.1. The summed E-state index contributed by atoms with van der Waals surface area (Å²) in [7, 11) is 13.5. The Labute approximate surface area is 405 Å². The van der Waals surface area contributed by atoms with Gasteiger partial charge in [0.05, 0.1) is 57.3 Å². The normalized spacial score (nSPS) is 24.2. The van der Waals surface area contributed by atoms with E-state index in [0.29, 0.717) is 42.1 Å². The number of hydrogen-bond donors (Lipinski definition) is 6. The molecular formula is C45H76BO18P3. The lowest BCUT2D eigenvalue weighted by molar-refractivity contribution is -0.353. The van der Waals surface area contributed by atoms with Gasteiger partial charge < -0.3 is 68.5 Å². The molecule has 22 heteroatoms. The maximum absolute atomic E-state index is 11.6. The molecule has 13 atom stereocenters. The third-order valence-corrected chi connectivity index (χ3v) is 9.95. The molecule has 2 aliphatic heterocycles. The van der Waals surface area contributed by atoms with Crippen molar-refractivity contribution in [1.29, 1.82) is 1.28 Å². The summed E-state index contributed by atoms with van der Waals surface area (Å²) in [6.07, 6.45) is -8.22. The van der Waals surface area contributed by atoms with Gasteiger partial charge in [0.25, 0.3) is 0 Å². The van der Waals surface area contributed by atoms with Crippen LogP contribution < -0.4 is 0 Å². The number of rotatable bonds is 18. The maximum atomic E-state index is 11.6. The van der Waals surface area contributed by atoms with Crippen molar-refractivity contribution in [2.45, 2.75) is 116 Å². The fraction of sp³-hybridized carbons (Fsp3) is 0.644. The molecule has 2 fully saturated rings. The summed E-state index contributed by atoms with van der Waals surface area (Å²) in [6.45, 7) is 11.9. The standard InChI is InChI=1S/C14H26O10.C14H18O4.C12H14O4.C5H12.BH2P.H4P2/c1-5-6(3-15)22-14(10(19)8(5)17)24-12-7(4-16)23-13(21-2)11(20)9(12)18;1-11(15)12-5-7-13(8-6-12)14(16)18-10-4-3-9-17-2;1-9(13)10-3-5-11(6-4-10)12(14)16-8-7-15-2;1-4-5(2)3;2*1-2/h5-20H,3-4H2,1-2H3;5-8H,3-4,9-10H2,1-2H3;3-6H,7-8H2,1-2H3;5H,4H2,1-3H3;2H2;1-2H2/t5-,6?,7+,8+,9?,10?,11?,12-,13-,14+;;;;;/m1...../s1/i;;;;2T;. The number of ketones is 2. The first-order valence-corrected chi connectivity index (χ1v) is 24.8. The molecule has 2 saturated heterocycles. The summed E-state index contributed by atoms with van der Waals surface area (Å²) in [6, 6.07) is 12.8. The zero-order valence-electron chi connectivity index (χ0n) is 41.1. The number of carbonyl (C=O) groups is 4. The quantitative estimate of drug-likeness (QED) is 0.0411. The second-order valence-electron chi connectivity index (χ2n) is 15.1. The van der Waals surface area contributed by atoms with Gasteiger partial charge >= 0.3 is 11.9 Å². The van der Waals surface area contributed by atoms with Crippen LogP contribution in [0.3, 0.4) is 0 Å². The molecule has 67 heavy (non-hydrogen) atoms. The number of hydrogen-bond acceptors (Lipinski definition) is 18. The Morgan fingerprint density at radius 1 is 0.672 bits per heavy atom. The van der Waals surface area contributed by atoms with E-state index in [9.17, 15) is 49.8 Å². The summed E-state index contributed by atoms with van der Waals surface area (Å²) in [5, 5.41) is 59.0. The molecule has 0 spiro atoms. The molecular weight excluding hydrogens is 932 g/mol. The van der Waals surface area contributed by atoms with Gasteiger partial charge in [-0.1, -0.05) is 58.4 Å². The molecule has 2 aromatic carbocycles. The number of methoxy groups -OCH3 is 3. The van der Waals surface area contributed by atoms with Gasteiger partial charge in [0.1, 0.15) is 37.1 Å². The summed E-state index contributed by atoms with van der Waals surface area (Å²) >= 11 is 0. The van der Waals surface area contributed by atoms with Crippen molar-refractivity contribution in [2.24, 2.45) is 11.8 Å². The van der Waals surface area contributed by atoms with E-state index in [4.69, 9.17) is 39.2 Å². The van der Waals surface area contributed by atoms with E-state index in [1.165, 1.54) is 34.5 Å². The van der Waals surface area contributed by atoms with Gasteiger partial charge in [-0.05, 0) is 56.9 Å². The Bertz CT molecular complexity index is 1630. The minimum Gasteiger partial charge on any atom is -0.462 e. The Hall–Kier alpha value is -2.41. The van der Waals surface area contributed by atoms with Crippen LogP contribution in [0.15, 0.2) is 48.5 Å². The number of aliphatic hydroxyl groups is 6. The average Bonchev–Trinajstić information content (AvgIpc) is 3.34. The molecule has 382 valence electrons. The van der Waals surface area contributed by atoms with Crippen LogP contribution in [0.5, 0.6) is 0 Å². The van der Waals surface area contributed by atoms with Crippen LogP contribution in [0.1, 0.15) is 102 Å². The molecule has 0 aromatic heterocycles. The zero-order valence-corrected chi connectivity index (χ0v) is 43.5. The second-order valence-corrected chi connectivity index (χ2v) is 15.1. The van der Waals surface area contributed by atoms with E-state index in [0.717, 1.165) is 18.8 Å². The van der Waals surface area contributed by atoms with Crippen LogP contribution in [-0.2, 0) is 37.9 Å². The van der Waals surface area contributed by atoms with E-state index < -0.39 is 80.4 Å². The molecule has 0 aliphatic carbocycles. The van der Waals surface area contributed by atoms with Crippen molar-refractivity contribution >= 4 is 58.0 Å². The van der Waals surface area contributed by atoms with Gasteiger partial charge in [0.2, 0.25) is 0 Å². The van der Waals surface area contributed by atoms with Crippen LogP contribution in [-0.4, -0.2) is 179 Å². The predicted molar refractivity (Wildman–Crippen MR) is 263 cm³/mol. The summed E-state index contributed by atoms with van der Waals surface area (Å²) in [5.74, 6) is -0.465. The minimum absolute atomic E-state index is 0.0190. The largest absolute Gasteiger partial charge is 0.462 e. The fourth-order valence-corrected chi connectivity index (χ4v) is 5.54. The summed E-state index contributed by atoms with van der Waals surface area (Å²) < 4.78 is 46.8. The number of aliphatic hydroxyl groups excluding tert-OH is 6. The number of carbonyl (C=O) groups excluding carboxylic acids is 4. The van der Waals surface area contributed by atoms with E-state index >= 15 is 0 Å². The average molecular weight is 1010 g/mol. The Morgan fingerprint density at radius 3 is 1.45 bits per heavy atom. The fourth-order valence-electron chi connectivity index (χ4n) is 5.54. The Kier molecular flexibility index (Phi) is 37.9. The van der Waals surface area contributed by atoms with E-state index in [2.05, 4.69) is 46.2 Å². The Morgan fingerprint density at radius 2 is 1.06 bits per heavy atom. The van der Waals surface area contributed by atoms with E-state index in [-0.39, 0.29) is 33.2 Å². The van der Waals surface area contributed by atoms with Gasteiger partial charge in [-0.25, -0.2) is 9.59 Å². The predicted octanol–water partition coefficient (Wildman–Crippen LogP) is 3.35. The number of unbranched alkanes of at least 4 members (excludes halogenated alkanes) is 1. The highest BCUT2D eigenvalue weighted by atomic mass is 32.0. The molecule has 0 saturated carbocycles. The molecule has 2 aliphatic rings. The van der Waals surface area contributed by atoms with Crippen LogP contribution in [0.25, 0.3) is 0 Å². The van der Waals surface area contributed by atoms with Gasteiger partial charge in [0, 0.05) is 46.3 Å². The zero-order chi connectivity index (χ0) is 52.4. The van der Waals surface area contributed by atoms with Crippen LogP contribution in [0.2, 0.25) is 0 Å². The lowest BCUT2D eigenvalue weighted by Gasteiger charge is -2.46. The number of ether oxygens (including phenoxy) is 8. The lowest BCUT2D eigenvalue weighted by Crippen LogP contribution is -2.63. The second kappa shape index (κ2) is 39.3. The molecule has 7 unspecified atom stereocenters. The van der Waals surface area contributed by atoms with Gasteiger partial charge in [-0.15, -0.1) is 17.9 Å². The first-order chi connectivity index (χ1) is 32.3. The smallest absolute Gasteiger partial charge is 0.338 e. The molecule has 2 radical (unpaired) electrons. The van der Waals surface area contributed by atoms with Crippen molar-refractivity contribution in [2.75, 3.05) is 61.0 Å². The monoisotopic (exact) mass is 1010 g/mol. The Balaban J connectivity index is 0. The molecule has 6 N–H and O–H groups in total. The summed E-state index contributed by atoms with van der Waals surface area (Å²) in [5.41, 5.74) is 2.06. The molecule has 2 aromatic rings. The van der Waals surface area contributed by atoms with Gasteiger partial charge in [-0.2, -0.15) is 9.06 Å². The SMILES string of the molecule is CCC(C)C.COCCCCOC(=O)c1ccc(C(C)=O)cc1.COCCOC(=O)c1ccc(C(C)=O)cc1.CO[C@@H]1O[C@@H](CO)[C@@H](O[C@@H]2OC(CO)[C@@H](C)[C@H](O)C2O)C(O)C1O.PP.[3H]P[B]. The molecule has 18 nitrogen and oxygen atoms in total. The van der Waals surface area contributed by atoms with Gasteiger partial charge in [-0.3, -0.25) is 9.59 Å². The highest BCUT2D eigenvalue weighted by Gasteiger charge is 2.50. The number of esters is 2. The highest BCUT2D eigenvalue weighted by molar-refractivity contribution is 7.92. The van der Waals surface area contributed by atoms with Crippen molar-refractivity contribution in [3.05, 3.63) is 70.8 Å². The van der Waals surface area contributed by atoms with E-state index in [1.54, 1.807) is 62.6 Å². The molecule has 2 heterocycles. The van der Waals surface area contributed by atoms with E-state index in [1.807, 2.05) is 0 Å². The topological polar surface area (TPSA) is 263 Å². The highest BCUT2D eigenvalue weighted by Crippen LogP contribution is 2.31. The third-order valence-electron chi connectivity index (χ3n) is 9.95. The molecule has 0 amide bonds. The molecule has 0 bridgehead atoms. The molecule has 4 rings (SSSR count). The van der Waals surface area contributed by atoms with Crippen LogP contribution in [0.4, 0.5) is 0 Å². The van der Waals surface area contributed by atoms with Crippen molar-refractivity contribution < 1.29 is 87.7 Å². The number of Topliss-reactive ketones (excluding diaryl/α,β-unsaturated/α-hetero) is 2. The first-order valence-electron chi connectivity index (χ1n) is 22.0. The van der Waals surface area contributed by atoms with Crippen LogP contribution >= 0.6 is 26.9 Å². The van der Waals surface area contributed by atoms with Crippen molar-refractivity contribution in [3.8, 4) is 0 Å². The van der Waals surface area contributed by atoms with Crippen molar-refractivity contribution in [3.63, 3.8) is 0 Å².